The SMILES string of the molecule is O=C(c1ccc(Br)o1)N1CCOCC1. The molecule has 1 aromatic rings. The van der Waals surface area contributed by atoms with Gasteiger partial charge in [0.05, 0.1) is 13.2 Å². The van der Waals surface area contributed by atoms with Crippen molar-refractivity contribution in [3.63, 3.8) is 0 Å². The van der Waals surface area contributed by atoms with Crippen molar-refractivity contribution in [1.29, 1.82) is 0 Å². The van der Waals surface area contributed by atoms with Gasteiger partial charge in [0.1, 0.15) is 0 Å². The van der Waals surface area contributed by atoms with Gasteiger partial charge >= 0.3 is 0 Å². The molecule has 0 saturated carbocycles. The van der Waals surface area contributed by atoms with Crippen LogP contribution in [0.15, 0.2) is 21.2 Å². The first-order valence-electron chi connectivity index (χ1n) is 4.40. The van der Waals surface area contributed by atoms with Gasteiger partial charge < -0.3 is 14.1 Å². The third-order valence-corrected chi connectivity index (χ3v) is 2.51. The molecule has 5 heteroatoms. The molecular formula is C9H10BrNO3. The summed E-state index contributed by atoms with van der Waals surface area (Å²) in [7, 11) is 0. The minimum absolute atomic E-state index is 0.0704. The van der Waals surface area contributed by atoms with E-state index in [0.717, 1.165) is 0 Å². The van der Waals surface area contributed by atoms with E-state index in [2.05, 4.69) is 15.9 Å². The highest BCUT2D eigenvalue weighted by Crippen LogP contribution is 2.16. The second kappa shape index (κ2) is 4.14. The molecule has 0 N–H and O–H groups in total. The molecule has 1 aliphatic rings. The summed E-state index contributed by atoms with van der Waals surface area (Å²) >= 11 is 3.16. The molecule has 0 aliphatic carbocycles. The first-order valence-corrected chi connectivity index (χ1v) is 5.19. The number of carbonyl (C=O) groups excluding carboxylic acids is 1. The maximum atomic E-state index is 11.8. The smallest absolute Gasteiger partial charge is 0.289 e. The zero-order valence-corrected chi connectivity index (χ0v) is 9.12. The minimum Gasteiger partial charge on any atom is -0.444 e. The highest BCUT2D eigenvalue weighted by atomic mass is 79.9. The van der Waals surface area contributed by atoms with E-state index >= 15 is 0 Å². The van der Waals surface area contributed by atoms with Gasteiger partial charge in [0, 0.05) is 13.1 Å². The molecule has 14 heavy (non-hydrogen) atoms. The molecule has 76 valence electrons. The van der Waals surface area contributed by atoms with Crippen LogP contribution in [0, 0.1) is 0 Å². The Kier molecular flexibility index (Phi) is 2.88. The summed E-state index contributed by atoms with van der Waals surface area (Å²) in [6.45, 7) is 2.48. The molecule has 0 bridgehead atoms. The van der Waals surface area contributed by atoms with E-state index in [1.54, 1.807) is 17.0 Å². The molecule has 0 radical (unpaired) electrons. The van der Waals surface area contributed by atoms with E-state index in [9.17, 15) is 4.79 Å². The zero-order chi connectivity index (χ0) is 9.97. The third-order valence-electron chi connectivity index (χ3n) is 2.08. The lowest BCUT2D eigenvalue weighted by atomic mass is 10.3. The number of morpholine rings is 1. The summed E-state index contributed by atoms with van der Waals surface area (Å²) in [6, 6.07) is 3.38. The van der Waals surface area contributed by atoms with Crippen LogP contribution in [-0.4, -0.2) is 37.1 Å². The van der Waals surface area contributed by atoms with Crippen LogP contribution in [0.3, 0.4) is 0 Å². The topological polar surface area (TPSA) is 42.7 Å². The normalized spacial score (nSPS) is 17.1. The fraction of sp³-hybridized carbons (Fsp3) is 0.444. The molecule has 1 saturated heterocycles. The number of halogens is 1. The van der Waals surface area contributed by atoms with Crippen LogP contribution in [0.2, 0.25) is 0 Å². The van der Waals surface area contributed by atoms with Crippen molar-refractivity contribution in [2.45, 2.75) is 0 Å². The number of amides is 1. The quantitative estimate of drug-likeness (QED) is 0.768. The Bertz CT molecular complexity index is 331. The molecule has 1 amide bonds. The Morgan fingerprint density at radius 2 is 2.07 bits per heavy atom. The van der Waals surface area contributed by atoms with Crippen LogP contribution in [0.5, 0.6) is 0 Å². The predicted molar refractivity (Wildman–Crippen MR) is 53.1 cm³/mol. The third kappa shape index (κ3) is 1.99. The second-order valence-corrected chi connectivity index (χ2v) is 3.79. The Hall–Kier alpha value is -0.810. The van der Waals surface area contributed by atoms with Crippen molar-refractivity contribution in [2.75, 3.05) is 26.3 Å². The summed E-state index contributed by atoms with van der Waals surface area (Å²) in [5.74, 6) is 0.303. The van der Waals surface area contributed by atoms with Gasteiger partial charge in [0.15, 0.2) is 10.4 Å². The summed E-state index contributed by atoms with van der Waals surface area (Å²) in [5.41, 5.74) is 0. The second-order valence-electron chi connectivity index (χ2n) is 3.01. The van der Waals surface area contributed by atoms with Crippen LogP contribution in [0.25, 0.3) is 0 Å². The Balaban J connectivity index is 2.07. The number of ether oxygens (including phenoxy) is 1. The molecule has 1 fully saturated rings. The number of nitrogens with zero attached hydrogens (tertiary/aromatic N) is 1. The van der Waals surface area contributed by atoms with Crippen molar-refractivity contribution in [3.8, 4) is 0 Å². The molecular weight excluding hydrogens is 250 g/mol. The monoisotopic (exact) mass is 259 g/mol. The average Bonchev–Trinajstić information content (AvgIpc) is 2.65. The van der Waals surface area contributed by atoms with Crippen LogP contribution < -0.4 is 0 Å². The van der Waals surface area contributed by atoms with E-state index in [1.165, 1.54) is 0 Å². The molecule has 0 spiro atoms. The molecule has 1 aromatic heterocycles. The molecule has 0 aromatic carbocycles. The predicted octanol–water partition coefficient (Wildman–Crippen LogP) is 1.51. The van der Waals surface area contributed by atoms with E-state index in [-0.39, 0.29) is 5.91 Å². The van der Waals surface area contributed by atoms with Gasteiger partial charge in [-0.1, -0.05) is 0 Å². The molecule has 2 rings (SSSR count). The number of hydrogen-bond donors (Lipinski definition) is 0. The van der Waals surface area contributed by atoms with Gasteiger partial charge in [0.2, 0.25) is 0 Å². The van der Waals surface area contributed by atoms with Crippen LogP contribution in [0.4, 0.5) is 0 Å². The van der Waals surface area contributed by atoms with Crippen LogP contribution in [-0.2, 0) is 4.74 Å². The molecule has 1 aliphatic heterocycles. The van der Waals surface area contributed by atoms with Gasteiger partial charge in [-0.15, -0.1) is 0 Å². The van der Waals surface area contributed by atoms with Gasteiger partial charge in [0.25, 0.3) is 5.91 Å². The maximum Gasteiger partial charge on any atom is 0.289 e. The standard InChI is InChI=1S/C9H10BrNO3/c10-8-2-1-7(14-8)9(12)11-3-5-13-6-4-11/h1-2H,3-6H2. The summed E-state index contributed by atoms with van der Waals surface area (Å²) in [5, 5.41) is 0. The minimum atomic E-state index is -0.0704. The number of hydrogen-bond acceptors (Lipinski definition) is 3. The lowest BCUT2D eigenvalue weighted by Gasteiger charge is -2.25. The Morgan fingerprint density at radius 3 is 2.64 bits per heavy atom. The summed E-state index contributed by atoms with van der Waals surface area (Å²) in [6.07, 6.45) is 0. The lowest BCUT2D eigenvalue weighted by Crippen LogP contribution is -2.40. The van der Waals surface area contributed by atoms with Crippen LogP contribution in [0.1, 0.15) is 10.6 Å². The molecule has 4 nitrogen and oxygen atoms in total. The van der Waals surface area contributed by atoms with Gasteiger partial charge in [-0.3, -0.25) is 4.79 Å². The molecule has 0 atom stereocenters. The van der Waals surface area contributed by atoms with E-state index < -0.39 is 0 Å². The Labute approximate surface area is 89.9 Å². The molecule has 2 heterocycles. The number of carbonyl (C=O) groups is 1. The van der Waals surface area contributed by atoms with E-state index in [0.29, 0.717) is 36.7 Å². The summed E-state index contributed by atoms with van der Waals surface area (Å²) in [4.78, 5) is 13.5. The van der Waals surface area contributed by atoms with Crippen molar-refractivity contribution in [2.24, 2.45) is 0 Å². The fourth-order valence-electron chi connectivity index (χ4n) is 1.35. The fourth-order valence-corrected chi connectivity index (χ4v) is 1.66. The highest BCUT2D eigenvalue weighted by molar-refractivity contribution is 9.10. The number of rotatable bonds is 1. The van der Waals surface area contributed by atoms with Gasteiger partial charge in [-0.2, -0.15) is 0 Å². The van der Waals surface area contributed by atoms with E-state index in [1.807, 2.05) is 0 Å². The Morgan fingerprint density at radius 1 is 1.36 bits per heavy atom. The van der Waals surface area contributed by atoms with Crippen molar-refractivity contribution < 1.29 is 13.9 Å². The van der Waals surface area contributed by atoms with Crippen LogP contribution >= 0.6 is 15.9 Å². The largest absolute Gasteiger partial charge is 0.444 e. The van der Waals surface area contributed by atoms with Gasteiger partial charge in [-0.05, 0) is 28.1 Å². The van der Waals surface area contributed by atoms with Crippen molar-refractivity contribution >= 4 is 21.8 Å². The van der Waals surface area contributed by atoms with Crippen molar-refractivity contribution in [3.05, 3.63) is 22.6 Å². The number of furan rings is 1. The first kappa shape index (κ1) is 9.73. The van der Waals surface area contributed by atoms with Gasteiger partial charge in [-0.25, -0.2) is 0 Å². The average molecular weight is 260 g/mol. The lowest BCUT2D eigenvalue weighted by molar-refractivity contribution is 0.0282. The molecule has 0 unspecified atom stereocenters. The summed E-state index contributed by atoms with van der Waals surface area (Å²) < 4.78 is 10.9. The zero-order valence-electron chi connectivity index (χ0n) is 7.53. The van der Waals surface area contributed by atoms with E-state index in [4.69, 9.17) is 9.15 Å². The highest BCUT2D eigenvalue weighted by Gasteiger charge is 2.20. The maximum absolute atomic E-state index is 11.8. The van der Waals surface area contributed by atoms with Crippen molar-refractivity contribution in [1.82, 2.24) is 4.90 Å². The first-order chi connectivity index (χ1) is 6.77.